The second-order valence-electron chi connectivity index (χ2n) is 4.21. The normalized spacial score (nSPS) is 12.5. The molecule has 0 amide bonds. The van der Waals surface area contributed by atoms with Crippen LogP contribution in [0.1, 0.15) is 30.9 Å². The van der Waals surface area contributed by atoms with Crippen molar-refractivity contribution in [2.45, 2.75) is 19.8 Å². The van der Waals surface area contributed by atoms with Crippen molar-refractivity contribution in [2.75, 3.05) is 6.26 Å². The molecule has 0 saturated heterocycles. The zero-order valence-electron chi connectivity index (χ0n) is 10.1. The first kappa shape index (κ1) is 13.5. The quantitative estimate of drug-likeness (QED) is 0.774. The van der Waals surface area contributed by atoms with E-state index < -0.39 is 9.84 Å². The SMILES string of the molecule is CC(C)c1ccc(/C=C(/C#N)S(C)(=O)=O)cc1. The third-order valence-electron chi connectivity index (χ3n) is 2.41. The van der Waals surface area contributed by atoms with Crippen LogP contribution in [0.15, 0.2) is 29.2 Å². The standard InChI is InChI=1S/C13H15NO2S/c1-10(2)12-6-4-11(5-7-12)8-13(9-14)17(3,15)16/h4-8,10H,1-3H3/b13-8-. The summed E-state index contributed by atoms with van der Waals surface area (Å²) in [5, 5.41) is 8.77. The van der Waals surface area contributed by atoms with Crippen molar-refractivity contribution in [1.82, 2.24) is 0 Å². The van der Waals surface area contributed by atoms with E-state index in [4.69, 9.17) is 5.26 Å². The van der Waals surface area contributed by atoms with E-state index in [1.807, 2.05) is 24.3 Å². The van der Waals surface area contributed by atoms with Gasteiger partial charge in [-0.2, -0.15) is 5.26 Å². The summed E-state index contributed by atoms with van der Waals surface area (Å²) in [5.41, 5.74) is 1.90. The third-order valence-corrected chi connectivity index (χ3v) is 3.42. The molecule has 4 heteroatoms. The van der Waals surface area contributed by atoms with Crippen LogP contribution < -0.4 is 0 Å². The van der Waals surface area contributed by atoms with Gasteiger partial charge < -0.3 is 0 Å². The second-order valence-corrected chi connectivity index (χ2v) is 6.20. The molecule has 0 heterocycles. The molecule has 1 aromatic rings. The average Bonchev–Trinajstić information content (AvgIpc) is 2.24. The molecule has 0 spiro atoms. The van der Waals surface area contributed by atoms with E-state index in [1.165, 1.54) is 11.6 Å². The predicted molar refractivity (Wildman–Crippen MR) is 69.0 cm³/mol. The number of sulfone groups is 1. The number of benzene rings is 1. The number of hydrogen-bond acceptors (Lipinski definition) is 3. The van der Waals surface area contributed by atoms with E-state index in [-0.39, 0.29) is 4.91 Å². The Morgan fingerprint density at radius 2 is 1.82 bits per heavy atom. The van der Waals surface area contributed by atoms with Crippen LogP contribution in [0.4, 0.5) is 0 Å². The molecule has 0 aliphatic carbocycles. The van der Waals surface area contributed by atoms with Crippen molar-refractivity contribution in [3.63, 3.8) is 0 Å². The van der Waals surface area contributed by atoms with E-state index in [0.29, 0.717) is 5.92 Å². The van der Waals surface area contributed by atoms with Crippen LogP contribution in [-0.4, -0.2) is 14.7 Å². The van der Waals surface area contributed by atoms with Gasteiger partial charge in [0.05, 0.1) is 0 Å². The minimum atomic E-state index is -3.44. The van der Waals surface area contributed by atoms with Crippen LogP contribution >= 0.6 is 0 Å². The van der Waals surface area contributed by atoms with Gasteiger partial charge in [0, 0.05) is 6.26 Å². The molecule has 0 aliphatic heterocycles. The Kier molecular flexibility index (Phi) is 4.08. The first-order chi connectivity index (χ1) is 7.84. The molecule has 0 bridgehead atoms. The summed E-state index contributed by atoms with van der Waals surface area (Å²) in [6.45, 7) is 4.17. The number of nitrogens with zero attached hydrogens (tertiary/aromatic N) is 1. The van der Waals surface area contributed by atoms with Crippen molar-refractivity contribution >= 4 is 15.9 Å². The molecule has 0 radical (unpaired) electrons. The molecular weight excluding hydrogens is 234 g/mol. The fourth-order valence-electron chi connectivity index (χ4n) is 1.35. The van der Waals surface area contributed by atoms with Crippen molar-refractivity contribution in [2.24, 2.45) is 0 Å². The maximum atomic E-state index is 11.3. The average molecular weight is 249 g/mol. The molecule has 90 valence electrons. The van der Waals surface area contributed by atoms with Crippen LogP contribution in [0.5, 0.6) is 0 Å². The van der Waals surface area contributed by atoms with Crippen molar-refractivity contribution < 1.29 is 8.42 Å². The van der Waals surface area contributed by atoms with Crippen LogP contribution in [0, 0.1) is 11.3 Å². The van der Waals surface area contributed by atoms with Crippen LogP contribution in [-0.2, 0) is 9.84 Å². The van der Waals surface area contributed by atoms with Crippen molar-refractivity contribution in [3.8, 4) is 6.07 Å². The lowest BCUT2D eigenvalue weighted by molar-refractivity contribution is 0.609. The molecule has 0 aliphatic rings. The Morgan fingerprint density at radius 1 is 1.29 bits per heavy atom. The van der Waals surface area contributed by atoms with E-state index in [2.05, 4.69) is 13.8 Å². The van der Waals surface area contributed by atoms with Gasteiger partial charge in [-0.05, 0) is 23.1 Å². The first-order valence-corrected chi connectivity index (χ1v) is 7.15. The summed E-state index contributed by atoms with van der Waals surface area (Å²) >= 11 is 0. The van der Waals surface area contributed by atoms with Crippen LogP contribution in [0.25, 0.3) is 6.08 Å². The summed E-state index contributed by atoms with van der Waals surface area (Å²) in [5.74, 6) is 0.429. The maximum Gasteiger partial charge on any atom is 0.185 e. The molecule has 3 nitrogen and oxygen atoms in total. The molecule has 17 heavy (non-hydrogen) atoms. The Morgan fingerprint density at radius 3 is 2.18 bits per heavy atom. The number of allylic oxidation sites excluding steroid dienone is 1. The van der Waals surface area contributed by atoms with Gasteiger partial charge in [0.15, 0.2) is 9.84 Å². The minimum absolute atomic E-state index is 0.213. The lowest BCUT2D eigenvalue weighted by Crippen LogP contribution is -1.98. The Labute approximate surface area is 102 Å². The fourth-order valence-corrected chi connectivity index (χ4v) is 1.87. The van der Waals surface area contributed by atoms with Gasteiger partial charge >= 0.3 is 0 Å². The molecule has 0 fully saturated rings. The summed E-state index contributed by atoms with van der Waals surface area (Å²) < 4.78 is 22.5. The molecule has 0 atom stereocenters. The monoisotopic (exact) mass is 249 g/mol. The predicted octanol–water partition coefficient (Wildman–Crippen LogP) is 2.72. The van der Waals surface area contributed by atoms with E-state index >= 15 is 0 Å². The molecular formula is C13H15NO2S. The Bertz CT molecular complexity index is 560. The summed E-state index contributed by atoms with van der Waals surface area (Å²) in [6.07, 6.45) is 2.42. The molecule has 0 saturated carbocycles. The molecule has 0 unspecified atom stereocenters. The maximum absolute atomic E-state index is 11.3. The highest BCUT2D eigenvalue weighted by Crippen LogP contribution is 2.17. The highest BCUT2D eigenvalue weighted by Gasteiger charge is 2.10. The highest BCUT2D eigenvalue weighted by atomic mass is 32.2. The van der Waals surface area contributed by atoms with Crippen LogP contribution in [0.2, 0.25) is 0 Å². The van der Waals surface area contributed by atoms with Gasteiger partial charge in [-0.3, -0.25) is 0 Å². The molecule has 1 rings (SSSR count). The largest absolute Gasteiger partial charge is 0.223 e. The van der Waals surface area contributed by atoms with Gasteiger partial charge in [0.2, 0.25) is 0 Å². The lowest BCUT2D eigenvalue weighted by atomic mass is 10.0. The van der Waals surface area contributed by atoms with Crippen LogP contribution in [0.3, 0.4) is 0 Å². The van der Waals surface area contributed by atoms with Gasteiger partial charge in [0.1, 0.15) is 11.0 Å². The van der Waals surface area contributed by atoms with E-state index in [0.717, 1.165) is 11.8 Å². The third kappa shape index (κ3) is 3.72. The first-order valence-electron chi connectivity index (χ1n) is 5.26. The lowest BCUT2D eigenvalue weighted by Gasteiger charge is -2.04. The van der Waals surface area contributed by atoms with Crippen molar-refractivity contribution in [3.05, 3.63) is 40.3 Å². The molecule has 0 N–H and O–H groups in total. The van der Waals surface area contributed by atoms with Gasteiger partial charge in [-0.15, -0.1) is 0 Å². The zero-order valence-corrected chi connectivity index (χ0v) is 11.0. The number of nitriles is 1. The summed E-state index contributed by atoms with van der Waals surface area (Å²) in [4.78, 5) is -0.213. The smallest absolute Gasteiger partial charge is 0.185 e. The Balaban J connectivity index is 3.12. The number of hydrogen-bond donors (Lipinski definition) is 0. The van der Waals surface area contributed by atoms with E-state index in [1.54, 1.807) is 6.07 Å². The minimum Gasteiger partial charge on any atom is -0.223 e. The second kappa shape index (κ2) is 5.15. The zero-order chi connectivity index (χ0) is 13.1. The fraction of sp³-hybridized carbons (Fsp3) is 0.308. The topological polar surface area (TPSA) is 57.9 Å². The molecule has 1 aromatic carbocycles. The summed E-state index contributed by atoms with van der Waals surface area (Å²) in [7, 11) is -3.44. The van der Waals surface area contributed by atoms with Gasteiger partial charge in [0.25, 0.3) is 0 Å². The highest BCUT2D eigenvalue weighted by molar-refractivity contribution is 7.95. The van der Waals surface area contributed by atoms with E-state index in [9.17, 15) is 8.42 Å². The van der Waals surface area contributed by atoms with Gasteiger partial charge in [-0.1, -0.05) is 38.1 Å². The van der Waals surface area contributed by atoms with Crippen molar-refractivity contribution in [1.29, 1.82) is 5.26 Å². The van der Waals surface area contributed by atoms with Gasteiger partial charge in [-0.25, -0.2) is 8.42 Å². The molecule has 0 aromatic heterocycles. The number of rotatable bonds is 3. The summed E-state index contributed by atoms with van der Waals surface area (Å²) in [6, 6.07) is 9.21. The Hall–Kier alpha value is -1.60.